The number of aromatic hydroxyl groups is 2. The number of hydrogen-bond acceptors (Lipinski definition) is 29. The van der Waals surface area contributed by atoms with Gasteiger partial charge < -0.3 is 129 Å². The summed E-state index contributed by atoms with van der Waals surface area (Å²) in [5.74, 6) is -13.2. The summed E-state index contributed by atoms with van der Waals surface area (Å²) in [5.41, 5.74) is 29.3. The quantitative estimate of drug-likeness (QED) is 0.00433. The number of phenolic OH excluding ortho intramolecular Hbond substituents is 2. The highest BCUT2D eigenvalue weighted by molar-refractivity contribution is 9.08. The molecule has 8 aromatic carbocycles. The van der Waals surface area contributed by atoms with Crippen LogP contribution in [0.2, 0.25) is 0 Å². The van der Waals surface area contributed by atoms with Crippen LogP contribution in [0.25, 0.3) is 54.5 Å². The number of carboxylic acids is 2. The predicted molar refractivity (Wildman–Crippen MR) is 515 cm³/mol. The van der Waals surface area contributed by atoms with E-state index in [0.717, 1.165) is 0 Å². The van der Waals surface area contributed by atoms with E-state index in [1.54, 1.807) is 255 Å². The van der Waals surface area contributed by atoms with Crippen LogP contribution in [0.3, 0.4) is 0 Å². The summed E-state index contributed by atoms with van der Waals surface area (Å²) in [5, 5.41) is 36.9. The number of benzene rings is 8. The van der Waals surface area contributed by atoms with Crippen molar-refractivity contribution in [3.63, 3.8) is 0 Å². The number of fused-ring (bicyclic) bond motifs is 5. The molecule has 42 heteroatoms. The van der Waals surface area contributed by atoms with Crippen LogP contribution in [0.15, 0.2) is 164 Å². The topological polar surface area (TPSA) is 602 Å². The number of para-hydroxylation sites is 6. The molecule has 0 radical (unpaired) electrons. The molecule has 13 aromatic rings. The van der Waals surface area contributed by atoms with Gasteiger partial charge in [0.15, 0.2) is 94.5 Å². The van der Waals surface area contributed by atoms with Gasteiger partial charge in [-0.2, -0.15) is 0 Å². The van der Waals surface area contributed by atoms with E-state index in [2.05, 4.69) is 15.9 Å². The number of ketones is 5. The van der Waals surface area contributed by atoms with Gasteiger partial charge in [0, 0.05) is 28.5 Å². The van der Waals surface area contributed by atoms with Gasteiger partial charge in [0.1, 0.15) is 45.6 Å². The zero-order chi connectivity index (χ0) is 105. The molecule has 746 valence electrons. The Hall–Kier alpha value is -17.2. The predicted octanol–water partition coefficient (Wildman–Crippen LogP) is 11.4. The van der Waals surface area contributed by atoms with Gasteiger partial charge in [0.05, 0.1) is 87.8 Å². The van der Waals surface area contributed by atoms with Crippen LogP contribution in [0.5, 0.6) is 63.2 Å². The number of phenols is 2. The largest absolute Gasteiger partial charge is 0.504 e. The van der Waals surface area contributed by atoms with Crippen molar-refractivity contribution in [1.29, 1.82) is 0 Å². The molecule has 14 N–H and O–H groups in total. The Morgan fingerprint density at radius 2 is 0.451 bits per heavy atom. The fourth-order valence-electron chi connectivity index (χ4n) is 15.1. The number of hydrogen-bond donors (Lipinski definition) is 9. The van der Waals surface area contributed by atoms with Crippen molar-refractivity contribution < 1.29 is 149 Å². The molecule has 0 fully saturated rings. The van der Waals surface area contributed by atoms with Crippen LogP contribution in [-0.4, -0.2) is 181 Å². The number of carbonyl (C=O) groups is 15. The van der Waals surface area contributed by atoms with Crippen LogP contribution in [0.1, 0.15) is 143 Å². The number of halogens is 1. The number of carbonyl (C=O) groups excluding carboxylic acids is 13. The number of alkyl halides is 1. The maximum absolute atomic E-state index is 13.2. The molecule has 41 nitrogen and oxygen atoms in total. The molecule has 0 bridgehead atoms. The molecule has 0 unspecified atom stereocenters. The van der Waals surface area contributed by atoms with Crippen LogP contribution in [0, 0.1) is 34.6 Å². The summed E-state index contributed by atoms with van der Waals surface area (Å²) < 4.78 is 77.0. The Bertz CT molecular complexity index is 6830. The zero-order valence-electron chi connectivity index (χ0n) is 79.5. The average Bonchev–Trinajstić information content (AvgIpc) is 1.62. The van der Waals surface area contributed by atoms with Gasteiger partial charge in [-0.3, -0.25) is 47.9 Å². The molecular weight excluding hydrogens is 1920 g/mol. The minimum absolute atomic E-state index is 0.0128. The second-order valence-electron chi connectivity index (χ2n) is 34.2. The summed E-state index contributed by atoms with van der Waals surface area (Å²) in [6.45, 7) is 20.3. The number of primary amides is 5. The van der Waals surface area contributed by atoms with E-state index in [9.17, 15) is 71.9 Å². The number of nitrogens with two attached hydrogens (primary N) is 5. The van der Waals surface area contributed by atoms with Crippen LogP contribution < -0.4 is 71.3 Å². The highest BCUT2D eigenvalue weighted by atomic mass is 79.9. The number of amides is 5. The van der Waals surface area contributed by atoms with Gasteiger partial charge in [-0.25, -0.2) is 24.0 Å². The number of aliphatic carboxylic acids is 2. The lowest BCUT2D eigenvalue weighted by atomic mass is 10.1. The molecule has 0 spiro atoms. The third-order valence-corrected chi connectivity index (χ3v) is 21.4. The molecule has 0 aliphatic rings. The maximum Gasteiger partial charge on any atom is 0.344 e. The van der Waals surface area contributed by atoms with E-state index in [4.69, 9.17) is 106 Å². The Kier molecular flexibility index (Phi) is 34.1. The first-order valence-electron chi connectivity index (χ1n) is 43.1. The Morgan fingerprint density at radius 1 is 0.268 bits per heavy atom. The molecule has 5 amide bonds. The van der Waals surface area contributed by atoms with Gasteiger partial charge in [0.2, 0.25) is 0 Å². The number of nitrogens with zero attached hydrogens (tertiary/aromatic N) is 5. The molecule has 13 rings (SSSR count). The summed E-state index contributed by atoms with van der Waals surface area (Å²) in [4.78, 5) is 184. The summed E-state index contributed by atoms with van der Waals surface area (Å²) in [6.07, 6.45) is 0. The maximum atomic E-state index is 13.2. The molecule has 0 aliphatic carbocycles. The molecular formula is C100H103BrN10O31. The van der Waals surface area contributed by atoms with Crippen LogP contribution in [-0.2, 0) is 94.5 Å². The van der Waals surface area contributed by atoms with E-state index >= 15 is 0 Å². The number of aromatic nitrogens is 5. The SMILES string of the molecule is Cc1c(C(=O)C(N)=O)c2c(OCC(=O)O)cccc2n1COc1ccccc1OCn1c(C)c(C(=O)C(N)=O)c2c(OCC(=O)O)cccc21.Cc1c(C(=O)C(N)=O)c2c(OCC(=O)OC(C)(C)C)cccc2n1CBr.Cc1c(C(=O)C(N)=O)c2c(OCC(=O)OC(C)(C)C)cccc2n1COc1ccccc1OCn1c(C)c(C(=O)C(N)=O)c2c(OCC(=O)OC(C)(C)C)cccc21.Oc1ccccc1O. The Morgan fingerprint density at radius 3 is 0.634 bits per heavy atom. The van der Waals surface area contributed by atoms with Gasteiger partial charge in [-0.15, -0.1) is 0 Å². The molecule has 0 atom stereocenters. The van der Waals surface area contributed by atoms with Crippen molar-refractivity contribution in [2.75, 3.05) is 33.0 Å². The summed E-state index contributed by atoms with van der Waals surface area (Å²) >= 11 is 3.37. The minimum Gasteiger partial charge on any atom is -0.504 e. The third kappa shape index (κ3) is 25.4. The monoisotopic (exact) mass is 2020 g/mol. The second kappa shape index (κ2) is 45.4. The fraction of sp³-hybridized carbons (Fsp3) is 0.270. The van der Waals surface area contributed by atoms with Crippen molar-refractivity contribution in [3.05, 3.63) is 220 Å². The van der Waals surface area contributed by atoms with Crippen molar-refractivity contribution in [2.45, 2.75) is 146 Å². The van der Waals surface area contributed by atoms with E-state index in [-0.39, 0.29) is 140 Å². The molecule has 0 aliphatic heterocycles. The smallest absolute Gasteiger partial charge is 0.344 e. The molecule has 142 heavy (non-hydrogen) atoms. The lowest BCUT2D eigenvalue weighted by Gasteiger charge is -2.19. The van der Waals surface area contributed by atoms with Crippen LogP contribution in [0.4, 0.5) is 0 Å². The molecule has 0 saturated heterocycles. The van der Waals surface area contributed by atoms with Crippen molar-refractivity contribution in [1.82, 2.24) is 22.8 Å². The van der Waals surface area contributed by atoms with Crippen molar-refractivity contribution in [3.8, 4) is 63.2 Å². The third-order valence-electron chi connectivity index (χ3n) is 20.9. The first-order chi connectivity index (χ1) is 66.9. The van der Waals surface area contributed by atoms with Crippen LogP contribution >= 0.6 is 15.9 Å². The van der Waals surface area contributed by atoms with Gasteiger partial charge in [0.25, 0.3) is 58.5 Å². The van der Waals surface area contributed by atoms with E-state index in [1.165, 1.54) is 24.3 Å². The number of rotatable bonds is 38. The number of esters is 3. The fourth-order valence-corrected chi connectivity index (χ4v) is 15.7. The number of carboxylic acid groups (broad SMARTS) is 2. The van der Waals surface area contributed by atoms with Crippen molar-refractivity contribution in [2.24, 2.45) is 28.7 Å². The molecule has 5 aromatic heterocycles. The normalized spacial score (nSPS) is 11.2. The first kappa shape index (κ1) is 107. The highest BCUT2D eigenvalue weighted by Crippen LogP contribution is 2.43. The molecule has 0 saturated carbocycles. The lowest BCUT2D eigenvalue weighted by molar-refractivity contribution is -0.158. The molecule has 5 heterocycles. The van der Waals surface area contributed by atoms with E-state index in [0.29, 0.717) is 72.6 Å². The average molecular weight is 2020 g/mol. The van der Waals surface area contributed by atoms with Gasteiger partial charge in [-0.05, 0) is 194 Å². The Balaban J connectivity index is 0.000000222. The number of ether oxygens (including phenoxy) is 12. The summed E-state index contributed by atoms with van der Waals surface area (Å²) in [6, 6.07) is 43.9. The standard InChI is InChI=1S/C42H46N4O12.C34H30N4O12.C18H21BrN2O5.C6H6O2/c1-23-33(37(49)39(43)51)35-25(13-11-17-29(35)53-19-31(47)57-41(3,4)5)45(23)21-55-27-15-9-10-16-28(27)56-22-46-24(2)34(38(50)40(44)52)36-26(46)14-12-18-30(36)54-20-32(48)58-42(6,7)8;1-17-27(31(43)33(35)45)29-19(7-5-11-23(29)47-13-25(39)40)37(17)15-49-21-9-3-4-10-22(21)50-16-38-18(2)28(32(44)34(36)46)30-20(38)8-6-12-24(30)48-14-26(41)42;1-10-14(16(23)17(20)24)15-11(21(10)9-19)6-5-7-12(15)25-8-13(22)26-18(2,3)4;7-5-3-1-2-4-6(5)8/h9-18H,19-22H2,1-8H3,(H2,43,51)(H2,44,52);3-12H,13-16H2,1-2H3,(H2,35,45)(H2,36,46)(H,39,40)(H,41,42);5-7H,8-9H2,1-4H3,(H2,20,24);1-4,7-8H. The van der Waals surface area contributed by atoms with E-state index < -0.39 is 132 Å². The van der Waals surface area contributed by atoms with Crippen molar-refractivity contribution >= 4 is 159 Å². The lowest BCUT2D eigenvalue weighted by Crippen LogP contribution is -2.27. The zero-order valence-corrected chi connectivity index (χ0v) is 81.1. The van der Waals surface area contributed by atoms with Gasteiger partial charge >= 0.3 is 29.8 Å². The Labute approximate surface area is 817 Å². The first-order valence-corrected chi connectivity index (χ1v) is 44.2. The van der Waals surface area contributed by atoms with E-state index in [1.807, 2.05) is 4.57 Å². The highest BCUT2D eigenvalue weighted by Gasteiger charge is 2.35. The number of Topliss-reactive ketones (excluding diaryl/α,β-unsaturated/α-hetero) is 5. The second-order valence-corrected chi connectivity index (χ2v) is 34.7. The summed E-state index contributed by atoms with van der Waals surface area (Å²) in [7, 11) is 0. The minimum atomic E-state index is -1.24. The van der Waals surface area contributed by atoms with Gasteiger partial charge in [-0.1, -0.05) is 82.7 Å².